The zero-order chi connectivity index (χ0) is 18.3. The van der Waals surface area contributed by atoms with Crippen LogP contribution in [0.3, 0.4) is 0 Å². The number of anilines is 1. The number of methoxy groups -OCH3 is 1. The van der Waals surface area contributed by atoms with Crippen LogP contribution >= 0.6 is 11.6 Å². The van der Waals surface area contributed by atoms with Crippen LogP contribution in [0, 0.1) is 0 Å². The number of rotatable bonds is 3. The maximum Gasteiger partial charge on any atom is 0.251 e. The summed E-state index contributed by atoms with van der Waals surface area (Å²) in [5, 5.41) is 0.376. The van der Waals surface area contributed by atoms with Crippen molar-refractivity contribution in [2.24, 2.45) is 0 Å². The number of carbonyl (C=O) groups excluding carboxylic acids is 2. The van der Waals surface area contributed by atoms with Crippen LogP contribution in [0.5, 0.6) is 5.75 Å². The topological polar surface area (TPSA) is 49.9 Å². The molecule has 6 heteroatoms. The van der Waals surface area contributed by atoms with Gasteiger partial charge in [0.25, 0.3) is 5.91 Å². The number of ether oxygens (including phenoxy) is 1. The van der Waals surface area contributed by atoms with Crippen molar-refractivity contribution in [1.29, 1.82) is 0 Å². The Morgan fingerprint density at radius 3 is 2.62 bits per heavy atom. The molecule has 0 bridgehead atoms. The van der Waals surface area contributed by atoms with Gasteiger partial charge in [-0.15, -0.1) is 0 Å². The van der Waals surface area contributed by atoms with Crippen molar-refractivity contribution in [2.75, 3.05) is 18.6 Å². The minimum absolute atomic E-state index is 0.185. The Bertz CT molecular complexity index is 883. The minimum Gasteiger partial charge on any atom is -0.495 e. The fourth-order valence-corrected chi connectivity index (χ4v) is 4.00. The first-order valence-corrected chi connectivity index (χ1v) is 8.97. The standard InChI is InChI=1S/C20H19ClN2O3/c1-26-18-7-6-15(10-16(18)21)23-19(24)11-17(20(23)25)22-9-8-13-4-2-3-5-14(13)12-22/h2-7,10,17H,8-9,11-12H2,1H3/t17-/m1/s1. The van der Waals surface area contributed by atoms with Gasteiger partial charge in [-0.3, -0.25) is 14.5 Å². The van der Waals surface area contributed by atoms with Crippen LogP contribution < -0.4 is 9.64 Å². The molecule has 0 N–H and O–H groups in total. The van der Waals surface area contributed by atoms with Crippen LogP contribution in [0.1, 0.15) is 17.5 Å². The first-order valence-electron chi connectivity index (χ1n) is 8.59. The van der Waals surface area contributed by atoms with E-state index < -0.39 is 6.04 Å². The van der Waals surface area contributed by atoms with E-state index in [0.29, 0.717) is 23.0 Å². The lowest BCUT2D eigenvalue weighted by atomic mass is 9.98. The molecule has 2 aliphatic heterocycles. The first kappa shape index (κ1) is 17.1. The molecule has 134 valence electrons. The molecular weight excluding hydrogens is 352 g/mol. The van der Waals surface area contributed by atoms with Gasteiger partial charge in [0, 0.05) is 13.1 Å². The smallest absolute Gasteiger partial charge is 0.251 e. The van der Waals surface area contributed by atoms with Gasteiger partial charge in [0.1, 0.15) is 5.75 Å². The van der Waals surface area contributed by atoms with Crippen LogP contribution in [0.4, 0.5) is 5.69 Å². The van der Waals surface area contributed by atoms with Crippen molar-refractivity contribution in [3.05, 3.63) is 58.6 Å². The third-order valence-electron chi connectivity index (χ3n) is 5.12. The summed E-state index contributed by atoms with van der Waals surface area (Å²) in [5.74, 6) is 0.134. The largest absolute Gasteiger partial charge is 0.495 e. The molecule has 0 aliphatic carbocycles. The highest BCUT2D eigenvalue weighted by Crippen LogP contribution is 2.33. The van der Waals surface area contributed by atoms with Gasteiger partial charge in [0.15, 0.2) is 0 Å². The second kappa shape index (κ2) is 6.74. The van der Waals surface area contributed by atoms with Crippen molar-refractivity contribution in [2.45, 2.75) is 25.4 Å². The number of fused-ring (bicyclic) bond motifs is 1. The number of nitrogens with zero attached hydrogens (tertiary/aromatic N) is 2. The van der Waals surface area contributed by atoms with Gasteiger partial charge in [0.05, 0.1) is 30.3 Å². The van der Waals surface area contributed by atoms with E-state index in [2.05, 4.69) is 17.0 Å². The molecule has 26 heavy (non-hydrogen) atoms. The van der Waals surface area contributed by atoms with E-state index >= 15 is 0 Å². The van der Waals surface area contributed by atoms with E-state index in [4.69, 9.17) is 16.3 Å². The fourth-order valence-electron chi connectivity index (χ4n) is 3.75. The third-order valence-corrected chi connectivity index (χ3v) is 5.41. The van der Waals surface area contributed by atoms with Crippen molar-refractivity contribution in [1.82, 2.24) is 4.90 Å². The van der Waals surface area contributed by atoms with Crippen LogP contribution in [-0.4, -0.2) is 36.4 Å². The molecule has 2 aliphatic rings. The van der Waals surface area contributed by atoms with Crippen LogP contribution in [0.25, 0.3) is 0 Å². The van der Waals surface area contributed by atoms with Gasteiger partial charge in [-0.1, -0.05) is 35.9 Å². The summed E-state index contributed by atoms with van der Waals surface area (Å²) in [6.07, 6.45) is 1.09. The molecule has 0 saturated carbocycles. The Morgan fingerprint density at radius 1 is 1.12 bits per heavy atom. The third kappa shape index (κ3) is 2.87. The van der Waals surface area contributed by atoms with E-state index in [1.165, 1.54) is 23.1 Å². The lowest BCUT2D eigenvalue weighted by Gasteiger charge is -2.32. The Balaban J connectivity index is 1.57. The highest BCUT2D eigenvalue weighted by Gasteiger charge is 2.43. The molecule has 0 radical (unpaired) electrons. The minimum atomic E-state index is -0.420. The molecule has 1 atom stereocenters. The average molecular weight is 371 g/mol. The number of amides is 2. The van der Waals surface area contributed by atoms with Gasteiger partial charge >= 0.3 is 0 Å². The normalized spacial score (nSPS) is 20.4. The number of benzene rings is 2. The predicted molar refractivity (Wildman–Crippen MR) is 99.5 cm³/mol. The number of hydrogen-bond acceptors (Lipinski definition) is 4. The fraction of sp³-hybridized carbons (Fsp3) is 0.300. The summed E-state index contributed by atoms with van der Waals surface area (Å²) in [7, 11) is 1.53. The molecule has 2 amide bonds. The average Bonchev–Trinajstić information content (AvgIpc) is 2.95. The van der Waals surface area contributed by atoms with Gasteiger partial charge in [-0.05, 0) is 35.7 Å². The number of carbonyl (C=O) groups is 2. The second-order valence-corrected chi connectivity index (χ2v) is 7.00. The summed E-state index contributed by atoms with van der Waals surface area (Å²) < 4.78 is 5.14. The zero-order valence-corrected chi connectivity index (χ0v) is 15.2. The molecule has 2 heterocycles. The predicted octanol–water partition coefficient (Wildman–Crippen LogP) is 3.04. The van der Waals surface area contributed by atoms with Crippen LogP contribution in [0.2, 0.25) is 5.02 Å². The molecule has 0 aromatic heterocycles. The Morgan fingerprint density at radius 2 is 1.88 bits per heavy atom. The molecule has 2 aromatic rings. The van der Waals surface area contributed by atoms with Crippen molar-refractivity contribution >= 4 is 29.1 Å². The summed E-state index contributed by atoms with van der Waals surface area (Å²) in [6.45, 7) is 1.47. The number of hydrogen-bond donors (Lipinski definition) is 0. The molecule has 1 fully saturated rings. The van der Waals surface area contributed by atoms with Crippen molar-refractivity contribution in [3.8, 4) is 5.75 Å². The molecule has 2 aromatic carbocycles. The Labute approximate surface area is 157 Å². The Hall–Kier alpha value is -2.37. The van der Waals surface area contributed by atoms with E-state index in [0.717, 1.165) is 13.0 Å². The second-order valence-electron chi connectivity index (χ2n) is 6.60. The highest BCUT2D eigenvalue weighted by atomic mass is 35.5. The lowest BCUT2D eigenvalue weighted by Crippen LogP contribution is -2.44. The summed E-state index contributed by atoms with van der Waals surface area (Å²) in [6, 6.07) is 12.8. The number of imide groups is 1. The van der Waals surface area contributed by atoms with E-state index in [1.807, 2.05) is 12.1 Å². The molecule has 5 nitrogen and oxygen atoms in total. The monoisotopic (exact) mass is 370 g/mol. The van der Waals surface area contributed by atoms with E-state index in [1.54, 1.807) is 18.2 Å². The van der Waals surface area contributed by atoms with Crippen LogP contribution in [-0.2, 0) is 22.6 Å². The quantitative estimate of drug-likeness (QED) is 0.779. The summed E-state index contributed by atoms with van der Waals surface area (Å²) in [4.78, 5) is 28.9. The lowest BCUT2D eigenvalue weighted by molar-refractivity contribution is -0.123. The van der Waals surface area contributed by atoms with Crippen molar-refractivity contribution < 1.29 is 14.3 Å². The maximum atomic E-state index is 13.0. The van der Waals surface area contributed by atoms with Gasteiger partial charge in [-0.2, -0.15) is 0 Å². The molecule has 1 saturated heterocycles. The van der Waals surface area contributed by atoms with Crippen molar-refractivity contribution in [3.63, 3.8) is 0 Å². The zero-order valence-electron chi connectivity index (χ0n) is 14.4. The maximum absolute atomic E-state index is 13.0. The summed E-state index contributed by atoms with van der Waals surface area (Å²) in [5.41, 5.74) is 3.04. The van der Waals surface area contributed by atoms with Gasteiger partial charge in [0.2, 0.25) is 5.91 Å². The van der Waals surface area contributed by atoms with Crippen LogP contribution in [0.15, 0.2) is 42.5 Å². The molecule has 0 unspecified atom stereocenters. The summed E-state index contributed by atoms with van der Waals surface area (Å²) >= 11 is 6.16. The van der Waals surface area contributed by atoms with E-state index in [-0.39, 0.29) is 18.2 Å². The Kier molecular flexibility index (Phi) is 4.42. The molecule has 4 rings (SSSR count). The SMILES string of the molecule is COc1ccc(N2C(=O)C[C@@H](N3CCc4ccccc4C3)C2=O)cc1Cl. The highest BCUT2D eigenvalue weighted by molar-refractivity contribution is 6.33. The van der Waals surface area contributed by atoms with Gasteiger partial charge in [-0.25, -0.2) is 4.90 Å². The number of halogens is 1. The van der Waals surface area contributed by atoms with E-state index in [9.17, 15) is 9.59 Å². The molecule has 0 spiro atoms. The first-order chi connectivity index (χ1) is 12.6. The molecular formula is C20H19ClN2O3. The van der Waals surface area contributed by atoms with Gasteiger partial charge < -0.3 is 4.74 Å².